The molecule has 5 heterocycles. The number of hydrogen-bond acceptors (Lipinski definition) is 16. The monoisotopic (exact) mass is 2080 g/mol. The van der Waals surface area contributed by atoms with Gasteiger partial charge in [-0.25, -0.2) is 4.79 Å². The van der Waals surface area contributed by atoms with Crippen molar-refractivity contribution in [2.45, 2.75) is 207 Å². The topological polar surface area (TPSA) is 298 Å². The number of nitrogen functional groups attached to an aromatic ring is 1. The van der Waals surface area contributed by atoms with Crippen molar-refractivity contribution < 1.29 is 95.3 Å². The maximum Gasteiger partial charge on any atom is 1.00 e. The number of benzene rings is 10. The van der Waals surface area contributed by atoms with Gasteiger partial charge >= 0.3 is 53.9 Å². The van der Waals surface area contributed by atoms with E-state index in [2.05, 4.69) is 154 Å². The Balaban J connectivity index is 0.000000156. The summed E-state index contributed by atoms with van der Waals surface area (Å²) in [5.41, 5.74) is 26.9. The summed E-state index contributed by atoms with van der Waals surface area (Å²) in [6.45, 7) is 20.9. The van der Waals surface area contributed by atoms with Gasteiger partial charge < -0.3 is 74.0 Å². The van der Waals surface area contributed by atoms with Crippen LogP contribution < -0.4 is 79.8 Å². The van der Waals surface area contributed by atoms with Crippen LogP contribution in [0.5, 0.6) is 28.7 Å². The second-order valence-electron chi connectivity index (χ2n) is 36.8. The third kappa shape index (κ3) is 24.2. The summed E-state index contributed by atoms with van der Waals surface area (Å²) in [5, 5.41) is 63.7. The Morgan fingerprint density at radius 3 is 0.820 bits per heavy atom. The van der Waals surface area contributed by atoms with Gasteiger partial charge in [0.2, 0.25) is 0 Å². The van der Waals surface area contributed by atoms with Crippen molar-refractivity contribution in [3.05, 3.63) is 240 Å². The number of nitrogens with two attached hydrogens (primary N) is 1. The average Bonchev–Trinajstić information content (AvgIpc) is 1.68. The van der Waals surface area contributed by atoms with Crippen LogP contribution in [0.3, 0.4) is 0 Å². The van der Waals surface area contributed by atoms with Crippen LogP contribution >= 0.6 is 23.2 Å². The van der Waals surface area contributed by atoms with Crippen molar-refractivity contribution in [1.29, 1.82) is 26.3 Å². The first-order valence-corrected chi connectivity index (χ1v) is 52.1. The molecule has 2 amide bonds. The average molecular weight is 2090 g/mol. The van der Waals surface area contributed by atoms with Gasteiger partial charge in [-0.1, -0.05) is 60.7 Å². The summed E-state index contributed by atoms with van der Waals surface area (Å²) < 4.78 is 121. The SMILES string of the molecule is CCNc1ccc(-c2c(C#N)c3ccc(OCC)cc3n2C2CCC2)cc1.CCNc1ccc(-c2c(C#N)c3ccc(OCC)cc3n2C2CCC2)cc1.CCOc1ccc2c(C#N)c(-c3ccc(N(CC)C(=O)C(F)(F)F)cc3)n(C3CCC3)c2c1.CCOc1ccc2c(C#N)c(-c3ccc(N)cc3)n(C3CCC3)c2c1.CCOc1ccc2c(C#N)c(-c3ccc(NC(=O)OC(C)C(F)(F)F)cc3)n(C3CCC3)c2c1.ClCCl.[H-].[Na+]. The van der Waals surface area contributed by atoms with E-state index in [1.54, 1.807) is 36.4 Å². The number of carbonyl (C=O) groups is 2. The molecular weight excluding hydrogens is 1960 g/mol. The number of halogens is 8. The van der Waals surface area contributed by atoms with Crippen LogP contribution in [-0.2, 0) is 9.53 Å². The van der Waals surface area contributed by atoms with Crippen LogP contribution in [0.2, 0.25) is 0 Å². The van der Waals surface area contributed by atoms with Crippen LogP contribution in [0.4, 0.5) is 59.6 Å². The van der Waals surface area contributed by atoms with E-state index < -0.39 is 30.5 Å². The molecule has 0 aliphatic heterocycles. The van der Waals surface area contributed by atoms with Crippen molar-refractivity contribution >= 4 is 118 Å². The van der Waals surface area contributed by atoms with Gasteiger partial charge in [-0.3, -0.25) is 10.1 Å². The van der Waals surface area contributed by atoms with Gasteiger partial charge in [0.1, 0.15) is 59.1 Å². The minimum absolute atomic E-state index is 0. The van der Waals surface area contributed by atoms with Crippen LogP contribution in [0.15, 0.2) is 212 Å². The third-order valence-electron chi connectivity index (χ3n) is 27.9. The van der Waals surface area contributed by atoms with Crippen molar-refractivity contribution in [2.24, 2.45) is 0 Å². The number of nitriles is 5. The number of alkyl halides is 8. The zero-order valence-corrected chi connectivity index (χ0v) is 89.4. The van der Waals surface area contributed by atoms with Crippen LogP contribution in [0, 0.1) is 56.7 Å². The van der Waals surface area contributed by atoms with E-state index >= 15 is 0 Å². The molecule has 5 aromatic heterocycles. The van der Waals surface area contributed by atoms with Gasteiger partial charge in [0.25, 0.3) is 0 Å². The Morgan fingerprint density at radius 2 is 0.620 bits per heavy atom. The third-order valence-corrected chi connectivity index (χ3v) is 27.9. The molecule has 774 valence electrons. The number of aromatic nitrogens is 5. The number of amides is 2. The van der Waals surface area contributed by atoms with E-state index in [4.69, 9.17) is 52.6 Å². The zero-order valence-electron chi connectivity index (χ0n) is 86.9. The van der Waals surface area contributed by atoms with Gasteiger partial charge in [-0.2, -0.15) is 52.7 Å². The molecule has 0 bridgehead atoms. The predicted molar refractivity (Wildman–Crippen MR) is 581 cm³/mol. The number of rotatable bonds is 28. The fraction of sp³-hybridized carbons (Fsp3) is 0.347. The Morgan fingerprint density at radius 1 is 0.387 bits per heavy atom. The minimum atomic E-state index is -4.95. The quantitative estimate of drug-likeness (QED) is 0.0153. The van der Waals surface area contributed by atoms with Crippen molar-refractivity contribution in [2.75, 3.05) is 84.6 Å². The van der Waals surface area contributed by atoms with Gasteiger partial charge in [-0.15, -0.1) is 23.2 Å². The van der Waals surface area contributed by atoms with Gasteiger partial charge in [0.15, 0.2) is 6.10 Å². The molecule has 0 spiro atoms. The van der Waals surface area contributed by atoms with Crippen molar-refractivity contribution in [3.63, 3.8) is 0 Å². The molecule has 20 rings (SSSR count). The molecule has 0 saturated heterocycles. The minimum Gasteiger partial charge on any atom is -1.00 e. The van der Waals surface area contributed by atoms with E-state index in [-0.39, 0.29) is 66.3 Å². The Kier molecular flexibility index (Phi) is 37.7. The first-order chi connectivity index (χ1) is 72.2. The van der Waals surface area contributed by atoms with Gasteiger partial charge in [-0.05, 0) is 308 Å². The molecule has 5 saturated carbocycles. The number of nitrogens with zero attached hydrogens (tertiary/aromatic N) is 11. The Labute approximate surface area is 903 Å². The number of hydrogen-bond donors (Lipinski definition) is 4. The zero-order chi connectivity index (χ0) is 106. The fourth-order valence-electron chi connectivity index (χ4n) is 19.9. The second kappa shape index (κ2) is 50.8. The number of anilines is 5. The number of ether oxygens (including phenoxy) is 6. The molecular formula is C118H122Cl2F6N15NaO8. The van der Waals surface area contributed by atoms with Crippen LogP contribution in [0.25, 0.3) is 111 Å². The second-order valence-corrected chi connectivity index (χ2v) is 37.6. The molecule has 5 aliphatic carbocycles. The van der Waals surface area contributed by atoms with E-state index in [9.17, 15) is 62.2 Å². The standard InChI is InChI=1S/C25H24F3N3O3.C25H24F3N3O2.2C23H25N3O.C21H21N3O.CH2Cl2.Na.H/c1-3-33-19-11-12-20-21(14-29)23(31(22(20)13-19)18-5-4-6-18)16-7-9-17(10-8-16)30-24(32)34-15(2)25(26,27)28;1-3-30(24(32)25(26,27)28)17-10-8-16(9-11-17)23-21(15-29)20-13-12-19(33-4-2)14-22(20)31(23)18-6-5-7-18;2*1-3-25-17-10-8-16(9-11-17)23-21(15-24)20-13-12-19(27-4-2)14-22(20)26(23)18-6-5-7-18;1-2-25-17-10-11-18-19(13-22)21(14-6-8-15(23)9-7-14)24(20(18)12-17)16-4-3-5-16;2-1-3;;/h7-13,15,18H,3-6H2,1-2H3,(H,30,32);8-14,18H,3-7H2,1-2H3;2*8-14,18,25H,3-7H2,1-2H3;6-12,16H,2-5,23H2,1H3;1H2;;/q;;;;;;+1;-1. The summed E-state index contributed by atoms with van der Waals surface area (Å²) in [5.74, 6) is 2.13. The maximum atomic E-state index is 13.0. The number of nitrogens with one attached hydrogen (secondary N) is 3. The van der Waals surface area contributed by atoms with Crippen molar-refractivity contribution in [3.8, 4) is 115 Å². The Bertz CT molecular complexity index is 7340. The first-order valence-electron chi connectivity index (χ1n) is 51.0. The van der Waals surface area contributed by atoms with Crippen molar-refractivity contribution in [1.82, 2.24) is 22.8 Å². The number of fused-ring (bicyclic) bond motifs is 5. The van der Waals surface area contributed by atoms with E-state index in [1.807, 2.05) is 132 Å². The van der Waals surface area contributed by atoms with E-state index in [1.165, 1.54) is 38.3 Å². The molecule has 15 aromatic rings. The molecule has 0 radical (unpaired) electrons. The van der Waals surface area contributed by atoms with Gasteiger partial charge in [0, 0.05) is 136 Å². The molecule has 150 heavy (non-hydrogen) atoms. The number of carbonyl (C=O) groups excluding carboxylic acids is 2. The van der Waals surface area contributed by atoms with E-state index in [0.717, 1.165) is 265 Å². The largest absolute Gasteiger partial charge is 1.00 e. The summed E-state index contributed by atoms with van der Waals surface area (Å²) in [6, 6.07) is 81.0. The molecule has 1 unspecified atom stereocenters. The maximum absolute atomic E-state index is 13.0. The van der Waals surface area contributed by atoms with Crippen LogP contribution in [-0.4, -0.2) is 111 Å². The molecule has 23 nitrogen and oxygen atoms in total. The molecule has 5 fully saturated rings. The Hall–Kier alpha value is -14.4. The molecule has 1 atom stereocenters. The summed E-state index contributed by atoms with van der Waals surface area (Å²) in [7, 11) is 0. The summed E-state index contributed by atoms with van der Waals surface area (Å²) in [4.78, 5) is 24.3. The first kappa shape index (κ1) is 111. The summed E-state index contributed by atoms with van der Waals surface area (Å²) >= 11 is 9.53. The molecule has 32 heteroatoms. The summed E-state index contributed by atoms with van der Waals surface area (Å²) in [6.07, 6.45) is 3.88. The molecule has 10 aromatic carbocycles. The van der Waals surface area contributed by atoms with E-state index in [0.29, 0.717) is 72.8 Å². The smallest absolute Gasteiger partial charge is 1.00 e. The van der Waals surface area contributed by atoms with Crippen LogP contribution in [0.1, 0.15) is 218 Å². The fourth-order valence-corrected chi connectivity index (χ4v) is 19.9. The van der Waals surface area contributed by atoms with Gasteiger partial charge in [0.05, 0.1) is 122 Å². The molecule has 5 aliphatic rings. The predicted octanol–water partition coefficient (Wildman–Crippen LogP) is 27.9. The normalized spacial score (nSPS) is 14.0. The molecule has 5 N–H and O–H groups in total.